The molecule has 0 spiro atoms. The van der Waals surface area contributed by atoms with Crippen LogP contribution in [0, 0.1) is 10.1 Å². The van der Waals surface area contributed by atoms with Gasteiger partial charge in [0.05, 0.1) is 21.6 Å². The number of nitro groups is 1. The Hall–Kier alpha value is -2.23. The molecule has 0 atom stereocenters. The molecular formula is C13H17BrN6O3. The van der Waals surface area contributed by atoms with Crippen LogP contribution in [0.2, 0.25) is 0 Å². The third kappa shape index (κ3) is 4.38. The van der Waals surface area contributed by atoms with Crippen molar-refractivity contribution in [3.63, 3.8) is 0 Å². The molecule has 0 aromatic carbocycles. The van der Waals surface area contributed by atoms with Crippen molar-refractivity contribution in [1.29, 1.82) is 0 Å². The number of nitrogens with zero attached hydrogens (tertiary/aromatic N) is 6. The van der Waals surface area contributed by atoms with Gasteiger partial charge in [0.15, 0.2) is 0 Å². The lowest BCUT2D eigenvalue weighted by molar-refractivity contribution is -0.385. The van der Waals surface area contributed by atoms with E-state index >= 15 is 0 Å². The minimum absolute atomic E-state index is 0.0823. The number of hydrogen-bond donors (Lipinski definition) is 0. The molecule has 2 aromatic heterocycles. The Bertz CT molecular complexity index is 710. The summed E-state index contributed by atoms with van der Waals surface area (Å²) in [6.07, 6.45) is 4.56. The average Bonchev–Trinajstić information content (AvgIpc) is 3.12. The summed E-state index contributed by atoms with van der Waals surface area (Å²) in [6.45, 7) is 3.43. The first-order valence-corrected chi connectivity index (χ1v) is 7.82. The lowest BCUT2D eigenvalue weighted by atomic mass is 10.3. The molecule has 2 heterocycles. The van der Waals surface area contributed by atoms with Gasteiger partial charge >= 0.3 is 5.69 Å². The number of carbonyl (C=O) groups excluding carboxylic acids is 1. The molecule has 2 aromatic rings. The van der Waals surface area contributed by atoms with Crippen LogP contribution in [0.25, 0.3) is 0 Å². The van der Waals surface area contributed by atoms with Crippen LogP contribution in [0.5, 0.6) is 0 Å². The van der Waals surface area contributed by atoms with E-state index in [0.717, 1.165) is 16.7 Å². The SMILES string of the molecule is CCn1cc(Br)c(CN(C)C(=O)CCn2cc([N+](=O)[O-])cn2)n1. The maximum Gasteiger partial charge on any atom is 0.306 e. The highest BCUT2D eigenvalue weighted by atomic mass is 79.9. The van der Waals surface area contributed by atoms with Crippen molar-refractivity contribution >= 4 is 27.5 Å². The zero-order valence-electron chi connectivity index (χ0n) is 12.8. The van der Waals surface area contributed by atoms with Gasteiger partial charge in [-0.05, 0) is 22.9 Å². The molecule has 0 saturated carbocycles. The Labute approximate surface area is 141 Å². The Morgan fingerprint density at radius 2 is 2.17 bits per heavy atom. The molecular weight excluding hydrogens is 368 g/mol. The average molecular weight is 385 g/mol. The number of aromatic nitrogens is 4. The number of amides is 1. The Morgan fingerprint density at radius 3 is 2.74 bits per heavy atom. The fraction of sp³-hybridized carbons (Fsp3) is 0.462. The number of aryl methyl sites for hydroxylation is 2. The summed E-state index contributed by atoms with van der Waals surface area (Å²) in [5.74, 6) is -0.0823. The first kappa shape index (κ1) is 17.1. The Morgan fingerprint density at radius 1 is 1.43 bits per heavy atom. The van der Waals surface area contributed by atoms with E-state index in [1.165, 1.54) is 17.1 Å². The van der Waals surface area contributed by atoms with Crippen LogP contribution in [-0.2, 0) is 24.4 Å². The Balaban J connectivity index is 1.89. The minimum atomic E-state index is -0.515. The third-order valence-electron chi connectivity index (χ3n) is 3.31. The highest BCUT2D eigenvalue weighted by Gasteiger charge is 2.15. The molecule has 9 nitrogen and oxygen atoms in total. The van der Waals surface area contributed by atoms with Crippen LogP contribution in [0.3, 0.4) is 0 Å². The zero-order chi connectivity index (χ0) is 17.0. The molecule has 2 rings (SSSR count). The van der Waals surface area contributed by atoms with Gasteiger partial charge in [0.25, 0.3) is 0 Å². The van der Waals surface area contributed by atoms with E-state index < -0.39 is 4.92 Å². The first-order valence-electron chi connectivity index (χ1n) is 7.03. The van der Waals surface area contributed by atoms with E-state index in [4.69, 9.17) is 0 Å². The van der Waals surface area contributed by atoms with E-state index in [9.17, 15) is 14.9 Å². The van der Waals surface area contributed by atoms with Crippen molar-refractivity contribution in [2.75, 3.05) is 7.05 Å². The maximum absolute atomic E-state index is 12.2. The fourth-order valence-electron chi connectivity index (χ4n) is 1.99. The number of hydrogen-bond acceptors (Lipinski definition) is 5. The van der Waals surface area contributed by atoms with Crippen LogP contribution in [-0.4, -0.2) is 42.3 Å². The predicted molar refractivity (Wildman–Crippen MR) is 85.6 cm³/mol. The highest BCUT2D eigenvalue weighted by Crippen LogP contribution is 2.17. The summed E-state index contributed by atoms with van der Waals surface area (Å²) in [4.78, 5) is 23.8. The molecule has 1 amide bonds. The van der Waals surface area contributed by atoms with Gasteiger partial charge in [-0.2, -0.15) is 10.2 Å². The van der Waals surface area contributed by atoms with Gasteiger partial charge in [-0.15, -0.1) is 0 Å². The van der Waals surface area contributed by atoms with Crippen molar-refractivity contribution in [2.24, 2.45) is 0 Å². The smallest absolute Gasteiger partial charge is 0.306 e. The van der Waals surface area contributed by atoms with Crippen molar-refractivity contribution in [3.05, 3.63) is 38.9 Å². The van der Waals surface area contributed by atoms with Crippen LogP contribution < -0.4 is 0 Å². The third-order valence-corrected chi connectivity index (χ3v) is 3.97. The maximum atomic E-state index is 12.2. The van der Waals surface area contributed by atoms with Gasteiger partial charge in [-0.1, -0.05) is 0 Å². The second-order valence-corrected chi connectivity index (χ2v) is 5.85. The summed E-state index contributed by atoms with van der Waals surface area (Å²) in [7, 11) is 1.70. The molecule has 10 heteroatoms. The van der Waals surface area contributed by atoms with E-state index in [1.807, 2.05) is 13.1 Å². The van der Waals surface area contributed by atoms with Gasteiger partial charge in [-0.3, -0.25) is 24.3 Å². The fourth-order valence-corrected chi connectivity index (χ4v) is 2.43. The van der Waals surface area contributed by atoms with Crippen LogP contribution in [0.1, 0.15) is 19.0 Å². The minimum Gasteiger partial charge on any atom is -0.340 e. The summed E-state index contributed by atoms with van der Waals surface area (Å²) in [5.41, 5.74) is 0.706. The molecule has 0 aliphatic rings. The van der Waals surface area contributed by atoms with Crippen LogP contribution in [0.15, 0.2) is 23.1 Å². The molecule has 0 aliphatic heterocycles. The summed E-state index contributed by atoms with van der Waals surface area (Å²) >= 11 is 3.43. The molecule has 0 bridgehead atoms. The van der Waals surface area contributed by atoms with Crippen molar-refractivity contribution in [1.82, 2.24) is 24.5 Å². The van der Waals surface area contributed by atoms with E-state index in [-0.39, 0.29) is 18.0 Å². The lowest BCUT2D eigenvalue weighted by Crippen LogP contribution is -2.27. The highest BCUT2D eigenvalue weighted by molar-refractivity contribution is 9.10. The molecule has 0 aliphatic carbocycles. The molecule has 0 fully saturated rings. The summed E-state index contributed by atoms with van der Waals surface area (Å²) in [5, 5.41) is 18.8. The van der Waals surface area contributed by atoms with Gasteiger partial charge < -0.3 is 4.90 Å². The van der Waals surface area contributed by atoms with Crippen molar-refractivity contribution in [2.45, 2.75) is 33.0 Å². The molecule has 0 unspecified atom stereocenters. The van der Waals surface area contributed by atoms with Crippen molar-refractivity contribution < 1.29 is 9.72 Å². The van der Waals surface area contributed by atoms with E-state index in [2.05, 4.69) is 26.1 Å². The van der Waals surface area contributed by atoms with Crippen LogP contribution >= 0.6 is 15.9 Å². The van der Waals surface area contributed by atoms with Crippen LogP contribution in [0.4, 0.5) is 5.69 Å². The zero-order valence-corrected chi connectivity index (χ0v) is 14.4. The van der Waals surface area contributed by atoms with Gasteiger partial charge in [0.2, 0.25) is 5.91 Å². The monoisotopic (exact) mass is 384 g/mol. The van der Waals surface area contributed by atoms with Crippen molar-refractivity contribution in [3.8, 4) is 0 Å². The second kappa shape index (κ2) is 7.36. The predicted octanol–water partition coefficient (Wildman–Crippen LogP) is 1.82. The number of carbonyl (C=O) groups is 1. The number of halogens is 1. The first-order chi connectivity index (χ1) is 10.9. The lowest BCUT2D eigenvalue weighted by Gasteiger charge is -2.16. The van der Waals surface area contributed by atoms with E-state index in [1.54, 1.807) is 16.6 Å². The normalized spacial score (nSPS) is 10.7. The summed E-state index contributed by atoms with van der Waals surface area (Å²) < 4.78 is 4.05. The molecule has 0 N–H and O–H groups in total. The van der Waals surface area contributed by atoms with E-state index in [0.29, 0.717) is 13.1 Å². The van der Waals surface area contributed by atoms with Gasteiger partial charge in [-0.25, -0.2) is 0 Å². The van der Waals surface area contributed by atoms with Gasteiger partial charge in [0, 0.05) is 32.8 Å². The summed E-state index contributed by atoms with van der Waals surface area (Å²) in [6, 6.07) is 0. The second-order valence-electron chi connectivity index (χ2n) is 5.00. The molecule has 0 radical (unpaired) electrons. The largest absolute Gasteiger partial charge is 0.340 e. The molecule has 124 valence electrons. The number of rotatable bonds is 7. The van der Waals surface area contributed by atoms with Gasteiger partial charge in [0.1, 0.15) is 12.4 Å². The molecule has 23 heavy (non-hydrogen) atoms. The Kier molecular flexibility index (Phi) is 5.48. The topological polar surface area (TPSA) is 99.1 Å². The standard InChI is InChI=1S/C13H17BrN6O3/c1-3-18-8-11(14)12(16-18)9-17(2)13(21)4-5-19-7-10(6-15-19)20(22)23/h6-8H,3-5,9H2,1-2H3. The molecule has 0 saturated heterocycles. The quantitative estimate of drug-likeness (QED) is 0.535.